The second-order valence-electron chi connectivity index (χ2n) is 8.94. The largest absolute Gasteiger partial charge is 0.490 e. The Labute approximate surface area is 235 Å². The summed E-state index contributed by atoms with van der Waals surface area (Å²) in [5.41, 5.74) is 9.36. The predicted octanol–water partition coefficient (Wildman–Crippen LogP) is -1.29. The lowest BCUT2D eigenvalue weighted by Gasteiger charge is -2.24. The van der Waals surface area contributed by atoms with Crippen molar-refractivity contribution in [1.29, 1.82) is 0 Å². The molecule has 1 aliphatic heterocycles. The summed E-state index contributed by atoms with van der Waals surface area (Å²) in [4.78, 5) is 51.4. The van der Waals surface area contributed by atoms with Crippen molar-refractivity contribution in [2.75, 3.05) is 25.0 Å². The standard InChI is InChI=1S/C16H27N8O13P3S/c17-14(18)19-3-1-2-4-20-15-22-12-8(13(41)23-15)21-6-24(12)9-11-16(9,26)10(25)7(35-11)5-34-39(30,31)37-40(32,33)36-38(27,28)29/h6-7,9-11,25-26H,1-5H2,(H,30,31)(H,32,33)(H4,17,18,19)(H2,27,28,29)(H2,20,22,23,41). The molecule has 0 spiro atoms. The van der Waals surface area contributed by atoms with Gasteiger partial charge >= 0.3 is 23.5 Å². The summed E-state index contributed by atoms with van der Waals surface area (Å²) in [7, 11) is -16.7. The summed E-state index contributed by atoms with van der Waals surface area (Å²) in [5, 5.41) is 24.9. The lowest BCUT2D eigenvalue weighted by molar-refractivity contribution is -0.0602. The Morgan fingerprint density at radius 1 is 1.22 bits per heavy atom. The molecule has 1 aliphatic carbocycles. The Balaban J connectivity index is 1.39. The van der Waals surface area contributed by atoms with Gasteiger partial charge in [-0.15, -0.1) is 0 Å². The summed E-state index contributed by atoms with van der Waals surface area (Å²) >= 11 is 5.31. The zero-order valence-corrected chi connectivity index (χ0v) is 24.2. The van der Waals surface area contributed by atoms with E-state index in [1.165, 1.54) is 10.9 Å². The first-order valence-corrected chi connectivity index (χ1v) is 16.5. The molecule has 230 valence electrons. The topological polar surface area (TPSA) is 332 Å². The maximum absolute atomic E-state index is 12.0. The molecule has 7 atom stereocenters. The van der Waals surface area contributed by atoms with E-state index in [9.17, 15) is 33.7 Å². The third-order valence-electron chi connectivity index (χ3n) is 5.99. The van der Waals surface area contributed by atoms with Gasteiger partial charge in [0.15, 0.2) is 10.6 Å². The van der Waals surface area contributed by atoms with Crippen LogP contribution in [0.25, 0.3) is 11.2 Å². The van der Waals surface area contributed by atoms with Crippen LogP contribution in [0.3, 0.4) is 0 Å². The SMILES string of the molecule is NC(N)=NCCCCNc1nc(=S)c2ncn(C3C4OC(COP(=O)(O)OP(=O)(O)OP(=O)(O)O)C(O)C43O)c2[nH]1. The molecule has 4 rings (SSSR count). The summed E-state index contributed by atoms with van der Waals surface area (Å²) in [5.74, 6) is 0.327. The molecule has 1 saturated carbocycles. The number of nitrogens with two attached hydrogens (primary N) is 2. The van der Waals surface area contributed by atoms with E-state index in [0.717, 1.165) is 0 Å². The number of unbranched alkanes of at least 4 members (excludes halogenated alkanes) is 1. The molecule has 3 heterocycles. The lowest BCUT2D eigenvalue weighted by atomic mass is 10.1. The molecular formula is C16H27N8O13P3S. The van der Waals surface area contributed by atoms with Crippen LogP contribution in [0.15, 0.2) is 11.3 Å². The van der Waals surface area contributed by atoms with Crippen molar-refractivity contribution < 1.29 is 61.4 Å². The van der Waals surface area contributed by atoms with Gasteiger partial charge in [0.1, 0.15) is 35.1 Å². The first-order valence-electron chi connectivity index (χ1n) is 11.5. The Morgan fingerprint density at radius 3 is 2.54 bits per heavy atom. The monoisotopic (exact) mass is 664 g/mol. The van der Waals surface area contributed by atoms with Gasteiger partial charge in [-0.05, 0) is 12.8 Å². The second-order valence-corrected chi connectivity index (χ2v) is 13.7. The van der Waals surface area contributed by atoms with Gasteiger partial charge in [-0.25, -0.2) is 23.7 Å². The van der Waals surface area contributed by atoms with Crippen LogP contribution in [0.1, 0.15) is 18.9 Å². The molecule has 12 N–H and O–H groups in total. The van der Waals surface area contributed by atoms with Crippen LogP contribution >= 0.6 is 35.7 Å². The van der Waals surface area contributed by atoms with Gasteiger partial charge in [0.2, 0.25) is 5.95 Å². The number of aromatic nitrogens is 4. The van der Waals surface area contributed by atoms with Crippen molar-refractivity contribution >= 4 is 58.8 Å². The van der Waals surface area contributed by atoms with E-state index in [2.05, 4.69) is 38.4 Å². The van der Waals surface area contributed by atoms with Crippen LogP contribution < -0.4 is 16.8 Å². The van der Waals surface area contributed by atoms with Crippen molar-refractivity contribution in [2.24, 2.45) is 16.5 Å². The average Bonchev–Trinajstić information content (AvgIpc) is 3.06. The molecule has 25 heteroatoms. The van der Waals surface area contributed by atoms with Crippen molar-refractivity contribution in [3.05, 3.63) is 11.0 Å². The van der Waals surface area contributed by atoms with Gasteiger partial charge in [-0.3, -0.25) is 9.52 Å². The van der Waals surface area contributed by atoms with Gasteiger partial charge in [-0.1, -0.05) is 12.2 Å². The fraction of sp³-hybridized carbons (Fsp3) is 0.625. The molecule has 41 heavy (non-hydrogen) atoms. The number of phosphoric ester groups is 1. The van der Waals surface area contributed by atoms with Gasteiger partial charge in [0, 0.05) is 13.1 Å². The van der Waals surface area contributed by atoms with E-state index in [-0.39, 0.29) is 10.6 Å². The second kappa shape index (κ2) is 11.7. The maximum atomic E-state index is 12.0. The number of aromatic amines is 1. The minimum Gasteiger partial charge on any atom is -0.387 e. The number of imidazole rings is 1. The number of phosphoric acid groups is 3. The number of rotatable bonds is 14. The number of hydrogen-bond acceptors (Lipinski definition) is 14. The third kappa shape index (κ3) is 7.38. The highest BCUT2D eigenvalue weighted by atomic mass is 32.1. The Kier molecular flexibility index (Phi) is 9.12. The molecule has 2 aliphatic rings. The quantitative estimate of drug-likeness (QED) is 0.0369. The normalized spacial score (nSPS) is 28.5. The van der Waals surface area contributed by atoms with Gasteiger partial charge in [0.25, 0.3) is 0 Å². The highest BCUT2D eigenvalue weighted by Gasteiger charge is 2.77. The van der Waals surface area contributed by atoms with E-state index < -0.39 is 60.0 Å². The Bertz CT molecular complexity index is 1530. The van der Waals surface area contributed by atoms with Crippen molar-refractivity contribution in [3.63, 3.8) is 0 Å². The molecule has 1 saturated heterocycles. The molecule has 2 aromatic rings. The smallest absolute Gasteiger partial charge is 0.387 e. The first kappa shape index (κ1) is 32.1. The highest BCUT2D eigenvalue weighted by molar-refractivity contribution is 7.71. The van der Waals surface area contributed by atoms with Gasteiger partial charge in [0.05, 0.1) is 19.0 Å². The fourth-order valence-corrected chi connectivity index (χ4v) is 7.55. The zero-order valence-electron chi connectivity index (χ0n) is 20.7. The van der Waals surface area contributed by atoms with E-state index in [1.54, 1.807) is 0 Å². The van der Waals surface area contributed by atoms with Gasteiger partial charge < -0.3 is 60.9 Å². The molecule has 0 aromatic carbocycles. The molecule has 2 aromatic heterocycles. The molecule has 0 amide bonds. The Morgan fingerprint density at radius 2 is 1.93 bits per heavy atom. The molecule has 2 fully saturated rings. The van der Waals surface area contributed by atoms with Crippen LogP contribution in [0.4, 0.5) is 5.95 Å². The van der Waals surface area contributed by atoms with Crippen LogP contribution in [-0.4, -0.2) is 98.9 Å². The number of nitrogens with zero attached hydrogens (tertiary/aromatic N) is 4. The summed E-state index contributed by atoms with van der Waals surface area (Å²) in [6.45, 7) is 0.0447. The number of ether oxygens (including phenoxy) is 1. The molecule has 0 bridgehead atoms. The molecule has 0 radical (unpaired) electrons. The number of hydrogen-bond donors (Lipinski definition) is 10. The maximum Gasteiger partial charge on any atom is 0.490 e. The van der Waals surface area contributed by atoms with Crippen LogP contribution in [0, 0.1) is 4.64 Å². The lowest BCUT2D eigenvalue weighted by Crippen LogP contribution is -2.40. The fourth-order valence-electron chi connectivity index (χ4n) is 4.28. The molecule has 7 unspecified atom stereocenters. The molecular weight excluding hydrogens is 637 g/mol. The summed E-state index contributed by atoms with van der Waals surface area (Å²) in [6.07, 6.45) is -1.35. The summed E-state index contributed by atoms with van der Waals surface area (Å²) < 4.78 is 53.1. The highest BCUT2D eigenvalue weighted by Crippen LogP contribution is 2.66. The number of fused-ring (bicyclic) bond motifs is 2. The van der Waals surface area contributed by atoms with Crippen LogP contribution in [0.5, 0.6) is 0 Å². The van der Waals surface area contributed by atoms with Crippen molar-refractivity contribution in [2.45, 2.75) is 42.8 Å². The number of anilines is 1. The predicted molar refractivity (Wildman–Crippen MR) is 140 cm³/mol. The van der Waals surface area contributed by atoms with Crippen LogP contribution in [-0.2, 0) is 31.6 Å². The van der Waals surface area contributed by atoms with Gasteiger partial charge in [-0.2, -0.15) is 8.62 Å². The number of guanidine groups is 1. The first-order chi connectivity index (χ1) is 18.9. The van der Waals surface area contributed by atoms with Crippen molar-refractivity contribution in [1.82, 2.24) is 19.5 Å². The Hall–Kier alpha value is -1.87. The van der Waals surface area contributed by atoms with E-state index in [4.69, 9.17) is 38.2 Å². The number of aliphatic imine (C=N–C) groups is 1. The summed E-state index contributed by atoms with van der Waals surface area (Å²) in [6, 6.07) is -0.870. The number of aliphatic hydroxyl groups is 2. The van der Waals surface area contributed by atoms with Crippen molar-refractivity contribution in [3.8, 4) is 0 Å². The minimum absolute atomic E-state index is 0.00800. The number of aliphatic hydroxyl groups excluding tert-OH is 1. The van der Waals surface area contributed by atoms with Crippen LogP contribution in [0.2, 0.25) is 0 Å². The molecule has 21 nitrogen and oxygen atoms in total. The number of nitrogens with one attached hydrogen (secondary N) is 2. The minimum atomic E-state index is -5.72. The van der Waals surface area contributed by atoms with E-state index in [1.807, 2.05) is 0 Å². The van der Waals surface area contributed by atoms with E-state index >= 15 is 0 Å². The third-order valence-corrected chi connectivity index (χ3v) is 10.1. The van der Waals surface area contributed by atoms with E-state index in [0.29, 0.717) is 43.0 Å². The zero-order chi connectivity index (χ0) is 30.4. The number of H-pyrrole nitrogens is 1. The average molecular weight is 664 g/mol.